The normalized spacial score (nSPS) is 24.2. The summed E-state index contributed by atoms with van der Waals surface area (Å²) in [5.41, 5.74) is 1.11. The Hall–Kier alpha value is -0.440. The predicted molar refractivity (Wildman–Crippen MR) is 88.5 cm³/mol. The highest BCUT2D eigenvalue weighted by Gasteiger charge is 2.28. The van der Waals surface area contributed by atoms with Crippen LogP contribution in [-0.2, 0) is 0 Å². The van der Waals surface area contributed by atoms with Crippen molar-refractivity contribution in [2.75, 3.05) is 6.61 Å². The van der Waals surface area contributed by atoms with Crippen molar-refractivity contribution in [3.8, 4) is 5.75 Å². The van der Waals surface area contributed by atoms with Crippen LogP contribution in [0.5, 0.6) is 5.75 Å². The molecule has 1 aliphatic carbocycles. The summed E-state index contributed by atoms with van der Waals surface area (Å²) in [7, 11) is 0. The second kappa shape index (κ2) is 6.76. The highest BCUT2D eigenvalue weighted by molar-refractivity contribution is 6.35. The minimum absolute atomic E-state index is 0.293. The monoisotopic (exact) mass is 327 g/mol. The van der Waals surface area contributed by atoms with Crippen LogP contribution in [0.25, 0.3) is 0 Å². The van der Waals surface area contributed by atoms with E-state index in [4.69, 9.17) is 27.9 Å². The third-order valence-electron chi connectivity index (χ3n) is 4.89. The smallest absolute Gasteiger partial charge is 0.142 e. The lowest BCUT2D eigenvalue weighted by Crippen LogP contribution is -2.39. The van der Waals surface area contributed by atoms with E-state index in [9.17, 15) is 0 Å². The Morgan fingerprint density at radius 1 is 1.14 bits per heavy atom. The molecular formula is C17H23Cl2NO. The highest BCUT2D eigenvalue weighted by atomic mass is 35.5. The number of halogens is 2. The van der Waals surface area contributed by atoms with Gasteiger partial charge in [0.05, 0.1) is 11.6 Å². The van der Waals surface area contributed by atoms with E-state index in [0.29, 0.717) is 28.7 Å². The maximum Gasteiger partial charge on any atom is 0.142 e. The van der Waals surface area contributed by atoms with Crippen molar-refractivity contribution in [2.45, 2.75) is 57.5 Å². The largest absolute Gasteiger partial charge is 0.492 e. The van der Waals surface area contributed by atoms with Gasteiger partial charge >= 0.3 is 0 Å². The average molecular weight is 328 g/mol. The SMILES string of the molecule is C[C@@H](NC1CCOc2c(Cl)cc(Cl)cc21)C1CCCCC1. The van der Waals surface area contributed by atoms with Gasteiger partial charge in [-0.15, -0.1) is 0 Å². The van der Waals surface area contributed by atoms with Crippen LogP contribution in [0.4, 0.5) is 0 Å². The van der Waals surface area contributed by atoms with Crippen molar-refractivity contribution in [1.29, 1.82) is 0 Å². The molecule has 4 heteroatoms. The molecule has 0 spiro atoms. The number of benzene rings is 1. The Morgan fingerprint density at radius 2 is 1.90 bits per heavy atom. The van der Waals surface area contributed by atoms with Crippen LogP contribution in [0.15, 0.2) is 12.1 Å². The first-order valence-electron chi connectivity index (χ1n) is 8.03. The van der Waals surface area contributed by atoms with E-state index >= 15 is 0 Å². The van der Waals surface area contributed by atoms with E-state index in [2.05, 4.69) is 12.2 Å². The van der Waals surface area contributed by atoms with Crippen molar-refractivity contribution in [2.24, 2.45) is 5.92 Å². The van der Waals surface area contributed by atoms with E-state index < -0.39 is 0 Å². The van der Waals surface area contributed by atoms with Crippen molar-refractivity contribution in [3.05, 3.63) is 27.7 Å². The van der Waals surface area contributed by atoms with E-state index in [1.165, 1.54) is 32.1 Å². The zero-order valence-corrected chi connectivity index (χ0v) is 14.0. The number of hydrogen-bond acceptors (Lipinski definition) is 2. The summed E-state index contributed by atoms with van der Waals surface area (Å²) >= 11 is 12.4. The molecule has 3 rings (SSSR count). The lowest BCUT2D eigenvalue weighted by Gasteiger charge is -2.34. The van der Waals surface area contributed by atoms with Crippen molar-refractivity contribution >= 4 is 23.2 Å². The molecule has 1 aromatic rings. The third-order valence-corrected chi connectivity index (χ3v) is 5.39. The van der Waals surface area contributed by atoms with Gasteiger partial charge in [-0.3, -0.25) is 0 Å². The maximum absolute atomic E-state index is 6.26. The summed E-state index contributed by atoms with van der Waals surface area (Å²) in [5, 5.41) is 5.10. The van der Waals surface area contributed by atoms with Crippen LogP contribution in [0.2, 0.25) is 10.0 Å². The lowest BCUT2D eigenvalue weighted by atomic mass is 9.84. The van der Waals surface area contributed by atoms with Crippen molar-refractivity contribution in [3.63, 3.8) is 0 Å². The Balaban J connectivity index is 1.75. The zero-order valence-electron chi connectivity index (χ0n) is 12.5. The molecule has 1 aromatic carbocycles. The molecule has 21 heavy (non-hydrogen) atoms. The Bertz CT molecular complexity index is 500. The Kier molecular flexibility index (Phi) is 4.98. The number of hydrogen-bond donors (Lipinski definition) is 1. The predicted octanol–water partition coefficient (Wildman–Crippen LogP) is 5.38. The molecule has 0 bridgehead atoms. The summed E-state index contributed by atoms with van der Waals surface area (Å²) in [6.07, 6.45) is 7.81. The van der Waals surface area contributed by atoms with Crippen LogP contribution in [-0.4, -0.2) is 12.6 Å². The van der Waals surface area contributed by atoms with Crippen LogP contribution in [0.3, 0.4) is 0 Å². The number of rotatable bonds is 3. The van der Waals surface area contributed by atoms with Crippen molar-refractivity contribution < 1.29 is 4.74 Å². The first-order valence-corrected chi connectivity index (χ1v) is 8.78. The first kappa shape index (κ1) is 15.5. The van der Waals surface area contributed by atoms with Crippen molar-refractivity contribution in [1.82, 2.24) is 5.32 Å². The molecule has 0 aromatic heterocycles. The number of fused-ring (bicyclic) bond motifs is 1. The third kappa shape index (κ3) is 3.49. The van der Waals surface area contributed by atoms with Gasteiger partial charge in [0.1, 0.15) is 5.75 Å². The molecule has 1 heterocycles. The van der Waals surface area contributed by atoms with Gasteiger partial charge in [0.2, 0.25) is 0 Å². The summed E-state index contributed by atoms with van der Waals surface area (Å²) in [5.74, 6) is 1.60. The molecule has 0 radical (unpaired) electrons. The van der Waals surface area contributed by atoms with E-state index in [1.807, 2.05) is 6.07 Å². The fourth-order valence-corrected chi connectivity index (χ4v) is 4.25. The quantitative estimate of drug-likeness (QED) is 0.805. The topological polar surface area (TPSA) is 21.3 Å². The standard InChI is InChI=1S/C17H23Cl2NO/c1-11(12-5-3-2-4-6-12)20-16-7-8-21-17-14(16)9-13(18)10-15(17)19/h9-12,16,20H,2-8H2,1H3/t11-,16?/m1/s1. The molecular weight excluding hydrogens is 305 g/mol. The molecule has 1 aliphatic heterocycles. The summed E-state index contributed by atoms with van der Waals surface area (Å²) in [4.78, 5) is 0. The fraction of sp³-hybridized carbons (Fsp3) is 0.647. The molecule has 0 amide bonds. The molecule has 1 saturated carbocycles. The summed E-state index contributed by atoms with van der Waals surface area (Å²) < 4.78 is 5.74. The maximum atomic E-state index is 6.26. The summed E-state index contributed by atoms with van der Waals surface area (Å²) in [6.45, 7) is 3.03. The van der Waals surface area contributed by atoms with E-state index in [-0.39, 0.29) is 0 Å². The van der Waals surface area contributed by atoms with Crippen LogP contribution < -0.4 is 10.1 Å². The van der Waals surface area contributed by atoms with Crippen LogP contribution in [0.1, 0.15) is 57.1 Å². The number of ether oxygens (including phenoxy) is 1. The zero-order chi connectivity index (χ0) is 14.8. The van der Waals surface area contributed by atoms with Gasteiger partial charge < -0.3 is 10.1 Å². The molecule has 1 N–H and O–H groups in total. The first-order chi connectivity index (χ1) is 10.1. The molecule has 0 saturated heterocycles. The second-order valence-electron chi connectivity index (χ2n) is 6.35. The van der Waals surface area contributed by atoms with Crippen LogP contribution >= 0.6 is 23.2 Å². The second-order valence-corrected chi connectivity index (χ2v) is 7.19. The van der Waals surface area contributed by atoms with Gasteiger partial charge in [-0.2, -0.15) is 0 Å². The van der Waals surface area contributed by atoms with Gasteiger partial charge in [-0.1, -0.05) is 42.5 Å². The minimum atomic E-state index is 0.293. The minimum Gasteiger partial charge on any atom is -0.492 e. The van der Waals surface area contributed by atoms with Crippen LogP contribution in [0, 0.1) is 5.92 Å². The molecule has 1 fully saturated rings. The molecule has 116 valence electrons. The van der Waals surface area contributed by atoms with E-state index in [1.54, 1.807) is 6.07 Å². The Labute approximate surface area is 137 Å². The molecule has 2 aliphatic rings. The van der Waals surface area contributed by atoms with Gasteiger partial charge in [0.25, 0.3) is 0 Å². The Morgan fingerprint density at radius 3 is 2.67 bits per heavy atom. The molecule has 2 atom stereocenters. The summed E-state index contributed by atoms with van der Waals surface area (Å²) in [6, 6.07) is 4.57. The number of nitrogens with one attached hydrogen (secondary N) is 1. The average Bonchev–Trinajstić information content (AvgIpc) is 2.49. The van der Waals surface area contributed by atoms with E-state index in [0.717, 1.165) is 23.7 Å². The molecule has 2 nitrogen and oxygen atoms in total. The highest BCUT2D eigenvalue weighted by Crippen LogP contribution is 2.40. The van der Waals surface area contributed by atoms with Gasteiger partial charge in [-0.25, -0.2) is 0 Å². The van der Waals surface area contributed by atoms with Gasteiger partial charge in [0.15, 0.2) is 0 Å². The van der Waals surface area contributed by atoms with Gasteiger partial charge in [-0.05, 0) is 37.8 Å². The fourth-order valence-electron chi connectivity index (χ4n) is 3.69. The lowest BCUT2D eigenvalue weighted by molar-refractivity contribution is 0.216. The molecule has 1 unspecified atom stereocenters. The van der Waals surface area contributed by atoms with Gasteiger partial charge in [0, 0.05) is 29.1 Å².